The van der Waals surface area contributed by atoms with Gasteiger partial charge in [-0.15, -0.1) is 0 Å². The Bertz CT molecular complexity index is 423. The molecule has 1 aromatic rings. The van der Waals surface area contributed by atoms with E-state index in [1.807, 2.05) is 0 Å². The van der Waals surface area contributed by atoms with Crippen LogP contribution in [0, 0.1) is 0 Å². The second kappa shape index (κ2) is 6.34. The number of esters is 1. The van der Waals surface area contributed by atoms with Crippen molar-refractivity contribution in [2.75, 3.05) is 20.2 Å². The molecule has 0 fully saturated rings. The van der Waals surface area contributed by atoms with Crippen molar-refractivity contribution in [2.45, 2.75) is 6.92 Å². The summed E-state index contributed by atoms with van der Waals surface area (Å²) in [5.41, 5.74) is 0.416. The summed E-state index contributed by atoms with van der Waals surface area (Å²) >= 11 is 3.19. The van der Waals surface area contributed by atoms with E-state index in [9.17, 15) is 9.59 Å². The molecule has 0 aliphatic rings. The van der Waals surface area contributed by atoms with Crippen molar-refractivity contribution in [2.24, 2.45) is 0 Å². The fraction of sp³-hybridized carbons (Fsp3) is 0.364. The molecule has 0 unspecified atom stereocenters. The Morgan fingerprint density at radius 1 is 1.53 bits per heavy atom. The Labute approximate surface area is 108 Å². The van der Waals surface area contributed by atoms with E-state index in [0.29, 0.717) is 16.8 Å². The van der Waals surface area contributed by atoms with Crippen LogP contribution >= 0.6 is 15.9 Å². The number of carbonyl (C=O) groups excluding carboxylic acids is 2. The lowest BCUT2D eigenvalue weighted by Gasteiger charge is -2.16. The lowest BCUT2D eigenvalue weighted by molar-refractivity contribution is -0.143. The van der Waals surface area contributed by atoms with Crippen LogP contribution in [0.15, 0.2) is 22.9 Å². The van der Waals surface area contributed by atoms with Crippen LogP contribution in [0.25, 0.3) is 0 Å². The van der Waals surface area contributed by atoms with Crippen molar-refractivity contribution in [3.8, 4) is 0 Å². The summed E-state index contributed by atoms with van der Waals surface area (Å²) in [5.74, 6) is -0.707. The van der Waals surface area contributed by atoms with Crippen LogP contribution in [0.1, 0.15) is 17.3 Å². The lowest BCUT2D eigenvalue weighted by atomic mass is 10.2. The number of ether oxygens (including phenoxy) is 1. The highest BCUT2D eigenvalue weighted by Gasteiger charge is 2.17. The maximum Gasteiger partial charge on any atom is 0.325 e. The van der Waals surface area contributed by atoms with E-state index in [1.54, 1.807) is 32.3 Å². The van der Waals surface area contributed by atoms with Gasteiger partial charge in [0.05, 0.1) is 12.2 Å². The third-order valence-electron chi connectivity index (χ3n) is 2.01. The molecule has 0 N–H and O–H groups in total. The van der Waals surface area contributed by atoms with Crippen molar-refractivity contribution in [1.29, 1.82) is 0 Å². The molecule has 0 aliphatic carbocycles. The lowest BCUT2D eigenvalue weighted by Crippen LogP contribution is -2.33. The molecular weight excluding hydrogens is 288 g/mol. The molecule has 1 aromatic heterocycles. The molecule has 0 saturated heterocycles. The average molecular weight is 301 g/mol. The third-order valence-corrected chi connectivity index (χ3v) is 2.64. The summed E-state index contributed by atoms with van der Waals surface area (Å²) in [7, 11) is 1.54. The number of hydrogen-bond acceptors (Lipinski definition) is 4. The van der Waals surface area contributed by atoms with Gasteiger partial charge in [0.25, 0.3) is 5.91 Å². The zero-order valence-corrected chi connectivity index (χ0v) is 11.2. The first kappa shape index (κ1) is 13.6. The molecule has 6 heteroatoms. The standard InChI is InChI=1S/C11H13BrN2O3/c1-3-17-9(15)7-14(2)11(16)8-5-4-6-13-10(8)12/h4-6H,3,7H2,1-2H3. The molecule has 5 nitrogen and oxygen atoms in total. The number of hydrogen-bond donors (Lipinski definition) is 0. The fourth-order valence-electron chi connectivity index (χ4n) is 1.22. The fourth-order valence-corrected chi connectivity index (χ4v) is 1.64. The highest BCUT2D eigenvalue weighted by molar-refractivity contribution is 9.10. The number of likely N-dealkylation sites (N-methyl/N-ethyl adjacent to an activating group) is 1. The number of pyridine rings is 1. The Balaban J connectivity index is 2.70. The van der Waals surface area contributed by atoms with Gasteiger partial charge in [0.1, 0.15) is 11.1 Å². The number of halogens is 1. The SMILES string of the molecule is CCOC(=O)CN(C)C(=O)c1cccnc1Br. The Kier molecular flexibility index (Phi) is 5.09. The van der Waals surface area contributed by atoms with Gasteiger partial charge in [0.2, 0.25) is 0 Å². The minimum atomic E-state index is -0.427. The molecule has 1 amide bonds. The van der Waals surface area contributed by atoms with Gasteiger partial charge in [-0.2, -0.15) is 0 Å². The Morgan fingerprint density at radius 3 is 2.82 bits per heavy atom. The third kappa shape index (κ3) is 3.81. The van der Waals surface area contributed by atoms with E-state index in [2.05, 4.69) is 20.9 Å². The zero-order valence-electron chi connectivity index (χ0n) is 9.64. The predicted octanol–water partition coefficient (Wildman–Crippen LogP) is 1.48. The summed E-state index contributed by atoms with van der Waals surface area (Å²) in [5, 5.41) is 0. The normalized spacial score (nSPS) is 9.82. The number of rotatable bonds is 4. The molecule has 1 rings (SSSR count). The first-order chi connectivity index (χ1) is 8.06. The van der Waals surface area contributed by atoms with Gasteiger partial charge >= 0.3 is 5.97 Å². The van der Waals surface area contributed by atoms with Crippen LogP contribution in [0.2, 0.25) is 0 Å². The summed E-state index contributed by atoms with van der Waals surface area (Å²) in [4.78, 5) is 28.4. The van der Waals surface area contributed by atoms with Crippen LogP contribution < -0.4 is 0 Å². The van der Waals surface area contributed by atoms with Crippen LogP contribution in [0.5, 0.6) is 0 Å². The van der Waals surface area contributed by atoms with Gasteiger partial charge in [-0.3, -0.25) is 9.59 Å². The van der Waals surface area contributed by atoms with Crippen molar-refractivity contribution < 1.29 is 14.3 Å². The molecule has 1 heterocycles. The Morgan fingerprint density at radius 2 is 2.24 bits per heavy atom. The average Bonchev–Trinajstić information content (AvgIpc) is 2.29. The first-order valence-electron chi connectivity index (χ1n) is 5.07. The van der Waals surface area contributed by atoms with Gasteiger partial charge in [0, 0.05) is 13.2 Å². The van der Waals surface area contributed by atoms with Crippen LogP contribution in [-0.4, -0.2) is 42.0 Å². The second-order valence-electron chi connectivity index (χ2n) is 3.31. The smallest absolute Gasteiger partial charge is 0.325 e. The largest absolute Gasteiger partial charge is 0.465 e. The van der Waals surface area contributed by atoms with E-state index < -0.39 is 5.97 Å². The first-order valence-corrected chi connectivity index (χ1v) is 5.87. The van der Waals surface area contributed by atoms with Crippen molar-refractivity contribution in [1.82, 2.24) is 9.88 Å². The topological polar surface area (TPSA) is 59.5 Å². The molecule has 17 heavy (non-hydrogen) atoms. The summed E-state index contributed by atoms with van der Waals surface area (Å²) in [6.07, 6.45) is 1.58. The van der Waals surface area contributed by atoms with Crippen molar-refractivity contribution in [3.63, 3.8) is 0 Å². The quantitative estimate of drug-likeness (QED) is 0.624. The summed E-state index contributed by atoms with van der Waals surface area (Å²) in [6.45, 7) is 1.95. The molecule has 0 aliphatic heterocycles. The molecule has 0 radical (unpaired) electrons. The van der Waals surface area contributed by atoms with E-state index in [-0.39, 0.29) is 12.5 Å². The molecule has 0 spiro atoms. The maximum atomic E-state index is 12.0. The van der Waals surface area contributed by atoms with Gasteiger partial charge in [-0.25, -0.2) is 4.98 Å². The number of amides is 1. The summed E-state index contributed by atoms with van der Waals surface area (Å²) in [6, 6.07) is 3.30. The molecule has 0 atom stereocenters. The van der Waals surface area contributed by atoms with Crippen molar-refractivity contribution >= 4 is 27.8 Å². The Hall–Kier alpha value is -1.43. The van der Waals surface area contributed by atoms with Crippen LogP contribution in [0.4, 0.5) is 0 Å². The minimum Gasteiger partial charge on any atom is -0.465 e. The predicted molar refractivity (Wildman–Crippen MR) is 65.5 cm³/mol. The number of carbonyl (C=O) groups is 2. The van der Waals surface area contributed by atoms with E-state index in [4.69, 9.17) is 4.74 Å². The van der Waals surface area contributed by atoms with E-state index >= 15 is 0 Å². The minimum absolute atomic E-state index is 0.0754. The van der Waals surface area contributed by atoms with Gasteiger partial charge in [-0.05, 0) is 35.0 Å². The van der Waals surface area contributed by atoms with Crippen molar-refractivity contribution in [3.05, 3.63) is 28.5 Å². The molecular formula is C11H13BrN2O3. The second-order valence-corrected chi connectivity index (χ2v) is 4.06. The van der Waals surface area contributed by atoms with Gasteiger partial charge in [-0.1, -0.05) is 0 Å². The monoisotopic (exact) mass is 300 g/mol. The van der Waals surface area contributed by atoms with Crippen LogP contribution in [0.3, 0.4) is 0 Å². The number of aromatic nitrogens is 1. The van der Waals surface area contributed by atoms with Gasteiger partial charge in [0.15, 0.2) is 0 Å². The highest BCUT2D eigenvalue weighted by atomic mass is 79.9. The maximum absolute atomic E-state index is 12.0. The van der Waals surface area contributed by atoms with E-state index in [1.165, 1.54) is 4.90 Å². The number of nitrogens with zero attached hydrogens (tertiary/aromatic N) is 2. The molecule has 92 valence electrons. The molecule has 0 aromatic carbocycles. The van der Waals surface area contributed by atoms with E-state index in [0.717, 1.165) is 0 Å². The van der Waals surface area contributed by atoms with Gasteiger partial charge < -0.3 is 9.64 Å². The zero-order chi connectivity index (χ0) is 12.8. The molecule has 0 bridgehead atoms. The summed E-state index contributed by atoms with van der Waals surface area (Å²) < 4.78 is 5.23. The molecule has 0 saturated carbocycles. The van der Waals surface area contributed by atoms with Crippen LogP contribution in [-0.2, 0) is 9.53 Å². The highest BCUT2D eigenvalue weighted by Crippen LogP contribution is 2.14.